The number of benzene rings is 1. The first-order chi connectivity index (χ1) is 11.0. The molecule has 1 fully saturated rings. The number of nitrogens with zero attached hydrogens (tertiary/aromatic N) is 3. The maximum atomic E-state index is 12.3. The van der Waals surface area contributed by atoms with Crippen molar-refractivity contribution in [1.29, 1.82) is 0 Å². The van der Waals surface area contributed by atoms with Crippen LogP contribution >= 0.6 is 23.2 Å². The number of urea groups is 1. The largest absolute Gasteiger partial charge is 0.360 e. The molecular formula is C15H16Cl2N4O2. The van der Waals surface area contributed by atoms with E-state index >= 15 is 0 Å². The molecule has 1 aliphatic rings. The molecular weight excluding hydrogens is 339 g/mol. The maximum absolute atomic E-state index is 12.3. The lowest BCUT2D eigenvalue weighted by Crippen LogP contribution is -2.50. The fourth-order valence-electron chi connectivity index (χ4n) is 2.43. The van der Waals surface area contributed by atoms with Crippen LogP contribution in [0.15, 0.2) is 28.8 Å². The first kappa shape index (κ1) is 16.0. The lowest BCUT2D eigenvalue weighted by atomic mass is 10.3. The number of anilines is 2. The van der Waals surface area contributed by atoms with Gasteiger partial charge in [0.2, 0.25) is 0 Å². The molecule has 1 aliphatic heterocycles. The van der Waals surface area contributed by atoms with Gasteiger partial charge in [0.1, 0.15) is 5.76 Å². The van der Waals surface area contributed by atoms with Crippen molar-refractivity contribution < 1.29 is 9.32 Å². The van der Waals surface area contributed by atoms with E-state index in [-0.39, 0.29) is 6.03 Å². The van der Waals surface area contributed by atoms with Crippen LogP contribution in [0.3, 0.4) is 0 Å². The summed E-state index contributed by atoms with van der Waals surface area (Å²) in [6.45, 7) is 4.46. The Hall–Kier alpha value is -1.92. The molecule has 0 saturated carbocycles. The van der Waals surface area contributed by atoms with Crippen molar-refractivity contribution in [2.24, 2.45) is 0 Å². The lowest BCUT2D eigenvalue weighted by Gasteiger charge is -2.34. The number of piperazine rings is 1. The van der Waals surface area contributed by atoms with E-state index < -0.39 is 0 Å². The number of hydrogen-bond acceptors (Lipinski definition) is 4. The molecule has 1 saturated heterocycles. The minimum atomic E-state index is -0.176. The molecule has 6 nitrogen and oxygen atoms in total. The third-order valence-corrected chi connectivity index (χ3v) is 4.23. The van der Waals surface area contributed by atoms with E-state index in [9.17, 15) is 4.79 Å². The molecule has 0 aliphatic carbocycles. The predicted octanol–water partition coefficient (Wildman–Crippen LogP) is 3.64. The van der Waals surface area contributed by atoms with E-state index in [1.807, 2.05) is 13.0 Å². The van der Waals surface area contributed by atoms with Crippen molar-refractivity contribution in [2.75, 3.05) is 36.4 Å². The van der Waals surface area contributed by atoms with Crippen LogP contribution in [0.4, 0.5) is 16.3 Å². The molecule has 0 radical (unpaired) electrons. The average molecular weight is 355 g/mol. The Balaban J connectivity index is 1.58. The summed E-state index contributed by atoms with van der Waals surface area (Å²) in [5, 5.41) is 7.76. The van der Waals surface area contributed by atoms with Gasteiger partial charge in [-0.1, -0.05) is 28.4 Å². The van der Waals surface area contributed by atoms with Crippen molar-refractivity contribution in [3.05, 3.63) is 40.1 Å². The molecule has 1 aromatic carbocycles. The van der Waals surface area contributed by atoms with Crippen LogP contribution in [0.5, 0.6) is 0 Å². The van der Waals surface area contributed by atoms with Crippen LogP contribution in [-0.4, -0.2) is 42.3 Å². The quantitative estimate of drug-likeness (QED) is 0.893. The topological polar surface area (TPSA) is 61.6 Å². The zero-order valence-corrected chi connectivity index (χ0v) is 14.1. The van der Waals surface area contributed by atoms with Crippen molar-refractivity contribution >= 4 is 40.7 Å². The minimum absolute atomic E-state index is 0.176. The SMILES string of the molecule is Cc1cc(N2CCN(C(=O)Nc3ccc(Cl)cc3Cl)CC2)no1. The molecule has 2 amide bonds. The molecule has 0 spiro atoms. The number of hydrogen-bond donors (Lipinski definition) is 1. The average Bonchev–Trinajstić information content (AvgIpc) is 2.97. The molecule has 23 heavy (non-hydrogen) atoms. The second-order valence-corrected chi connectivity index (χ2v) is 6.17. The van der Waals surface area contributed by atoms with Gasteiger partial charge in [-0.3, -0.25) is 0 Å². The number of aromatic nitrogens is 1. The summed E-state index contributed by atoms with van der Waals surface area (Å²) in [6, 6.07) is 6.70. The highest BCUT2D eigenvalue weighted by Gasteiger charge is 2.23. The monoisotopic (exact) mass is 354 g/mol. The Morgan fingerprint density at radius 3 is 2.57 bits per heavy atom. The number of rotatable bonds is 2. The number of aryl methyl sites for hydroxylation is 1. The van der Waals surface area contributed by atoms with Gasteiger partial charge in [-0.15, -0.1) is 0 Å². The Bertz CT molecular complexity index is 711. The molecule has 0 unspecified atom stereocenters. The van der Waals surface area contributed by atoms with Crippen LogP contribution in [0.25, 0.3) is 0 Å². The van der Waals surface area contributed by atoms with Crippen molar-refractivity contribution in [3.8, 4) is 0 Å². The zero-order valence-electron chi connectivity index (χ0n) is 12.6. The van der Waals surface area contributed by atoms with E-state index in [1.165, 1.54) is 0 Å². The highest BCUT2D eigenvalue weighted by molar-refractivity contribution is 6.36. The molecule has 122 valence electrons. The molecule has 2 aromatic rings. The number of nitrogens with one attached hydrogen (secondary N) is 1. The molecule has 1 N–H and O–H groups in total. The van der Waals surface area contributed by atoms with Crippen LogP contribution in [-0.2, 0) is 0 Å². The van der Waals surface area contributed by atoms with Gasteiger partial charge < -0.3 is 19.6 Å². The van der Waals surface area contributed by atoms with Gasteiger partial charge in [-0.05, 0) is 25.1 Å². The van der Waals surface area contributed by atoms with Gasteiger partial charge in [0.25, 0.3) is 0 Å². The first-order valence-electron chi connectivity index (χ1n) is 7.22. The van der Waals surface area contributed by atoms with E-state index in [1.54, 1.807) is 23.1 Å². The summed E-state index contributed by atoms with van der Waals surface area (Å²) < 4.78 is 5.08. The number of halogens is 2. The summed E-state index contributed by atoms with van der Waals surface area (Å²) in [7, 11) is 0. The normalized spacial score (nSPS) is 14.9. The van der Waals surface area contributed by atoms with Gasteiger partial charge in [0, 0.05) is 37.3 Å². The molecule has 1 aromatic heterocycles. The summed E-state index contributed by atoms with van der Waals surface area (Å²) in [5.41, 5.74) is 0.552. The van der Waals surface area contributed by atoms with Gasteiger partial charge in [-0.25, -0.2) is 4.79 Å². The number of carbonyl (C=O) groups excluding carboxylic acids is 1. The standard InChI is InChI=1S/C15H16Cl2N4O2/c1-10-8-14(19-23-10)20-4-6-21(7-5-20)15(22)18-13-3-2-11(16)9-12(13)17/h2-3,8-9H,4-7H2,1H3,(H,18,22). The molecule has 0 bridgehead atoms. The van der Waals surface area contributed by atoms with E-state index in [0.29, 0.717) is 41.9 Å². The third kappa shape index (κ3) is 3.71. The van der Waals surface area contributed by atoms with Gasteiger partial charge in [-0.2, -0.15) is 0 Å². The number of carbonyl (C=O) groups is 1. The summed E-state index contributed by atoms with van der Waals surface area (Å²) in [5.74, 6) is 1.58. The third-order valence-electron chi connectivity index (χ3n) is 3.68. The summed E-state index contributed by atoms with van der Waals surface area (Å²) in [6.07, 6.45) is 0. The Labute approximate surface area is 143 Å². The van der Waals surface area contributed by atoms with Crippen LogP contribution in [0, 0.1) is 6.92 Å². The predicted molar refractivity (Wildman–Crippen MR) is 90.5 cm³/mol. The van der Waals surface area contributed by atoms with E-state index in [0.717, 1.165) is 11.6 Å². The first-order valence-corrected chi connectivity index (χ1v) is 7.98. The summed E-state index contributed by atoms with van der Waals surface area (Å²) >= 11 is 11.9. The van der Waals surface area contributed by atoms with Crippen LogP contribution in [0.2, 0.25) is 10.0 Å². The zero-order chi connectivity index (χ0) is 16.4. The van der Waals surface area contributed by atoms with Gasteiger partial charge in [0.15, 0.2) is 5.82 Å². The summed E-state index contributed by atoms with van der Waals surface area (Å²) in [4.78, 5) is 16.2. The van der Waals surface area contributed by atoms with Crippen molar-refractivity contribution in [1.82, 2.24) is 10.1 Å². The van der Waals surface area contributed by atoms with Crippen LogP contribution < -0.4 is 10.2 Å². The maximum Gasteiger partial charge on any atom is 0.322 e. The van der Waals surface area contributed by atoms with Crippen molar-refractivity contribution in [2.45, 2.75) is 6.92 Å². The van der Waals surface area contributed by atoms with Crippen LogP contribution in [0.1, 0.15) is 5.76 Å². The Morgan fingerprint density at radius 2 is 1.96 bits per heavy atom. The van der Waals surface area contributed by atoms with E-state index in [4.69, 9.17) is 27.7 Å². The molecule has 2 heterocycles. The van der Waals surface area contributed by atoms with E-state index in [2.05, 4.69) is 15.4 Å². The van der Waals surface area contributed by atoms with Crippen molar-refractivity contribution in [3.63, 3.8) is 0 Å². The minimum Gasteiger partial charge on any atom is -0.360 e. The number of amides is 2. The highest BCUT2D eigenvalue weighted by Crippen LogP contribution is 2.26. The fraction of sp³-hybridized carbons (Fsp3) is 0.333. The fourth-order valence-corrected chi connectivity index (χ4v) is 2.88. The highest BCUT2D eigenvalue weighted by atomic mass is 35.5. The Kier molecular flexibility index (Phi) is 4.63. The van der Waals surface area contributed by atoms with Gasteiger partial charge >= 0.3 is 6.03 Å². The second kappa shape index (κ2) is 6.68. The second-order valence-electron chi connectivity index (χ2n) is 5.32. The molecule has 8 heteroatoms. The smallest absolute Gasteiger partial charge is 0.322 e. The molecule has 0 atom stereocenters. The Morgan fingerprint density at radius 1 is 1.22 bits per heavy atom. The lowest BCUT2D eigenvalue weighted by molar-refractivity contribution is 0.208. The molecule has 3 rings (SSSR count). The van der Waals surface area contributed by atoms with Gasteiger partial charge in [0.05, 0.1) is 10.7 Å².